The fourth-order valence-corrected chi connectivity index (χ4v) is 3.31. The van der Waals surface area contributed by atoms with Gasteiger partial charge in [0, 0.05) is 0 Å². The highest BCUT2D eigenvalue weighted by Gasteiger charge is 2.22. The van der Waals surface area contributed by atoms with Gasteiger partial charge in [0.05, 0.1) is 6.04 Å². The van der Waals surface area contributed by atoms with Crippen LogP contribution in [0, 0.1) is 6.92 Å². The number of rotatable bonds is 6. The molecule has 0 aliphatic carbocycles. The van der Waals surface area contributed by atoms with Gasteiger partial charge in [0.2, 0.25) is 0 Å². The second-order valence-electron chi connectivity index (χ2n) is 8.80. The molecule has 156 valence electrons. The van der Waals surface area contributed by atoms with Gasteiger partial charge >= 0.3 is 0 Å². The first-order valence-corrected chi connectivity index (χ1v) is 10.4. The van der Waals surface area contributed by atoms with Crippen LogP contribution < -0.4 is 10.1 Å². The van der Waals surface area contributed by atoms with Crippen molar-refractivity contribution >= 4 is 5.91 Å². The van der Waals surface area contributed by atoms with E-state index in [2.05, 4.69) is 69.4 Å². The van der Waals surface area contributed by atoms with Crippen molar-refractivity contribution in [2.75, 3.05) is 0 Å². The van der Waals surface area contributed by atoms with E-state index >= 15 is 0 Å². The fourth-order valence-electron chi connectivity index (χ4n) is 3.31. The third-order valence-electron chi connectivity index (χ3n) is 5.23. The third-order valence-corrected chi connectivity index (χ3v) is 5.23. The van der Waals surface area contributed by atoms with E-state index in [4.69, 9.17) is 4.74 Å². The van der Waals surface area contributed by atoms with Gasteiger partial charge in [-0.2, -0.15) is 0 Å². The van der Waals surface area contributed by atoms with E-state index in [0.717, 1.165) is 11.1 Å². The molecule has 0 saturated carbocycles. The van der Waals surface area contributed by atoms with Crippen molar-refractivity contribution in [1.29, 1.82) is 0 Å². The summed E-state index contributed by atoms with van der Waals surface area (Å²) in [5.74, 6) is 0.543. The van der Waals surface area contributed by atoms with E-state index in [9.17, 15) is 4.79 Å². The van der Waals surface area contributed by atoms with E-state index in [0.29, 0.717) is 5.75 Å². The molecule has 0 bridgehead atoms. The number of ether oxygens (including phenoxy) is 1. The number of aryl methyl sites for hydroxylation is 1. The molecule has 0 saturated heterocycles. The molecule has 3 nitrogen and oxygen atoms in total. The molecule has 0 aliphatic heterocycles. The lowest BCUT2D eigenvalue weighted by Gasteiger charge is -2.23. The highest BCUT2D eigenvalue weighted by atomic mass is 16.5. The number of amides is 1. The summed E-state index contributed by atoms with van der Waals surface area (Å²) >= 11 is 0. The summed E-state index contributed by atoms with van der Waals surface area (Å²) in [5, 5.41) is 3.16. The number of carbonyl (C=O) groups excluding carboxylic acids is 1. The van der Waals surface area contributed by atoms with E-state index in [-0.39, 0.29) is 17.4 Å². The minimum absolute atomic E-state index is 0.0818. The molecule has 3 heteroatoms. The van der Waals surface area contributed by atoms with Gasteiger partial charge in [0.15, 0.2) is 6.10 Å². The number of benzene rings is 3. The molecule has 1 amide bonds. The van der Waals surface area contributed by atoms with Gasteiger partial charge in [-0.05, 0) is 48.1 Å². The Morgan fingerprint density at radius 3 is 1.97 bits per heavy atom. The predicted molar refractivity (Wildman–Crippen MR) is 123 cm³/mol. The van der Waals surface area contributed by atoms with E-state index < -0.39 is 6.10 Å². The maximum Gasteiger partial charge on any atom is 0.261 e. The minimum Gasteiger partial charge on any atom is -0.481 e. The number of carbonyl (C=O) groups is 1. The van der Waals surface area contributed by atoms with Crippen LogP contribution in [0.4, 0.5) is 0 Å². The van der Waals surface area contributed by atoms with Crippen LogP contribution in [0.2, 0.25) is 0 Å². The molecule has 2 unspecified atom stereocenters. The molecular weight excluding hydrogens is 370 g/mol. The molecular formula is C27H31NO2. The Labute approximate surface area is 180 Å². The van der Waals surface area contributed by atoms with Crippen molar-refractivity contribution < 1.29 is 9.53 Å². The summed E-state index contributed by atoms with van der Waals surface area (Å²) in [5.41, 5.74) is 4.58. The second kappa shape index (κ2) is 9.17. The number of nitrogens with one attached hydrogen (secondary N) is 1. The number of hydrogen-bond acceptors (Lipinski definition) is 2. The molecule has 3 rings (SSSR count). The summed E-state index contributed by atoms with van der Waals surface area (Å²) in [6, 6.07) is 26.0. The Kier molecular flexibility index (Phi) is 6.61. The average Bonchev–Trinajstić information content (AvgIpc) is 2.73. The normalized spacial score (nSPS) is 13.4. The molecule has 0 fully saturated rings. The lowest BCUT2D eigenvalue weighted by molar-refractivity contribution is -0.127. The van der Waals surface area contributed by atoms with Crippen molar-refractivity contribution in [3.63, 3.8) is 0 Å². The lowest BCUT2D eigenvalue weighted by atomic mass is 9.87. The Morgan fingerprint density at radius 1 is 0.833 bits per heavy atom. The van der Waals surface area contributed by atoms with E-state index in [1.807, 2.05) is 42.5 Å². The molecule has 0 aliphatic rings. The summed E-state index contributed by atoms with van der Waals surface area (Å²) in [6.07, 6.45) is -0.609. The summed E-state index contributed by atoms with van der Waals surface area (Å²) in [4.78, 5) is 13.0. The van der Waals surface area contributed by atoms with Crippen LogP contribution in [0.5, 0.6) is 5.75 Å². The van der Waals surface area contributed by atoms with Crippen LogP contribution in [0.3, 0.4) is 0 Å². The van der Waals surface area contributed by atoms with Crippen molar-refractivity contribution in [1.82, 2.24) is 5.32 Å². The molecule has 3 aromatic carbocycles. The van der Waals surface area contributed by atoms with Gasteiger partial charge in [-0.1, -0.05) is 93.1 Å². The Balaban J connectivity index is 1.74. The Bertz CT molecular complexity index is 954. The lowest BCUT2D eigenvalue weighted by Crippen LogP contribution is -2.39. The first-order valence-electron chi connectivity index (χ1n) is 10.4. The van der Waals surface area contributed by atoms with Crippen molar-refractivity contribution in [3.05, 3.63) is 101 Å². The molecule has 30 heavy (non-hydrogen) atoms. The fraction of sp³-hybridized carbons (Fsp3) is 0.296. The maximum atomic E-state index is 13.0. The highest BCUT2D eigenvalue weighted by molar-refractivity contribution is 5.81. The minimum atomic E-state index is -0.609. The summed E-state index contributed by atoms with van der Waals surface area (Å²) in [6.45, 7) is 10.4. The van der Waals surface area contributed by atoms with Crippen molar-refractivity contribution in [3.8, 4) is 5.75 Å². The van der Waals surface area contributed by atoms with Gasteiger partial charge < -0.3 is 10.1 Å². The molecule has 0 radical (unpaired) electrons. The van der Waals surface area contributed by atoms with Crippen LogP contribution in [-0.4, -0.2) is 12.0 Å². The van der Waals surface area contributed by atoms with Crippen molar-refractivity contribution in [2.24, 2.45) is 0 Å². The first kappa shape index (κ1) is 21.6. The summed E-state index contributed by atoms with van der Waals surface area (Å²) < 4.78 is 5.92. The second-order valence-corrected chi connectivity index (χ2v) is 8.80. The summed E-state index contributed by atoms with van der Waals surface area (Å²) in [7, 11) is 0. The zero-order valence-electron chi connectivity index (χ0n) is 18.5. The van der Waals surface area contributed by atoms with Crippen LogP contribution in [0.25, 0.3) is 0 Å². The molecule has 2 atom stereocenters. The standard InChI is InChI=1S/C27H31NO2/c1-19-11-13-22(14-12-19)25(21-9-7-6-8-10-21)28-26(29)20(2)30-24-17-15-23(16-18-24)27(3,4)5/h6-18,20,25H,1-5H3,(H,28,29). The number of hydrogen-bond donors (Lipinski definition) is 1. The Morgan fingerprint density at radius 2 is 1.40 bits per heavy atom. The topological polar surface area (TPSA) is 38.3 Å². The van der Waals surface area contributed by atoms with Gasteiger partial charge in [-0.3, -0.25) is 4.79 Å². The molecule has 1 N–H and O–H groups in total. The molecule has 0 spiro atoms. The van der Waals surface area contributed by atoms with Crippen LogP contribution in [0.1, 0.15) is 56.0 Å². The first-order chi connectivity index (χ1) is 14.2. The molecule has 0 heterocycles. The SMILES string of the molecule is Cc1ccc(C(NC(=O)C(C)Oc2ccc(C(C)(C)C)cc2)c2ccccc2)cc1. The van der Waals surface area contributed by atoms with Crippen LogP contribution >= 0.6 is 0 Å². The maximum absolute atomic E-state index is 13.0. The van der Waals surface area contributed by atoms with Crippen molar-refractivity contribution in [2.45, 2.75) is 52.2 Å². The average molecular weight is 402 g/mol. The largest absolute Gasteiger partial charge is 0.481 e. The Hall–Kier alpha value is -3.07. The van der Waals surface area contributed by atoms with Gasteiger partial charge in [-0.15, -0.1) is 0 Å². The zero-order chi connectivity index (χ0) is 21.7. The van der Waals surface area contributed by atoms with E-state index in [1.54, 1.807) is 6.92 Å². The quantitative estimate of drug-likeness (QED) is 0.553. The highest BCUT2D eigenvalue weighted by Crippen LogP contribution is 2.25. The molecule has 0 aromatic heterocycles. The van der Waals surface area contributed by atoms with Gasteiger partial charge in [0.1, 0.15) is 5.75 Å². The van der Waals surface area contributed by atoms with Gasteiger partial charge in [0.25, 0.3) is 5.91 Å². The van der Waals surface area contributed by atoms with Crippen LogP contribution in [0.15, 0.2) is 78.9 Å². The van der Waals surface area contributed by atoms with Crippen LogP contribution in [-0.2, 0) is 10.2 Å². The predicted octanol–water partition coefficient (Wildman–Crippen LogP) is 5.97. The monoisotopic (exact) mass is 401 g/mol. The van der Waals surface area contributed by atoms with E-state index in [1.165, 1.54) is 11.1 Å². The zero-order valence-corrected chi connectivity index (χ0v) is 18.5. The molecule has 3 aromatic rings. The smallest absolute Gasteiger partial charge is 0.261 e. The third kappa shape index (κ3) is 5.50. The van der Waals surface area contributed by atoms with Gasteiger partial charge in [-0.25, -0.2) is 0 Å².